The van der Waals surface area contributed by atoms with Crippen LogP contribution < -0.4 is 15.8 Å². The summed E-state index contributed by atoms with van der Waals surface area (Å²) >= 11 is 0. The minimum Gasteiger partial charge on any atom is -0.399 e. The van der Waals surface area contributed by atoms with Crippen molar-refractivity contribution in [3.8, 4) is 0 Å². The van der Waals surface area contributed by atoms with E-state index < -0.39 is 10.0 Å². The van der Waals surface area contributed by atoms with E-state index in [1.165, 1.54) is 12.1 Å². The lowest BCUT2D eigenvalue weighted by Gasteiger charge is -2.17. The molecule has 6 heteroatoms. The molecule has 0 amide bonds. The Balaban J connectivity index is 3.29. The Bertz CT molecular complexity index is 456. The number of anilines is 2. The van der Waals surface area contributed by atoms with Gasteiger partial charge in [-0.1, -0.05) is 0 Å². The van der Waals surface area contributed by atoms with E-state index in [-0.39, 0.29) is 4.90 Å². The van der Waals surface area contributed by atoms with Crippen LogP contribution in [-0.2, 0) is 10.0 Å². The van der Waals surface area contributed by atoms with Crippen molar-refractivity contribution in [2.75, 3.05) is 24.2 Å². The largest absolute Gasteiger partial charge is 0.399 e. The van der Waals surface area contributed by atoms with E-state index in [0.29, 0.717) is 5.69 Å². The van der Waals surface area contributed by atoms with Gasteiger partial charge < -0.3 is 10.6 Å². The van der Waals surface area contributed by atoms with E-state index in [0.717, 1.165) is 12.2 Å². The van der Waals surface area contributed by atoms with Crippen LogP contribution in [0.5, 0.6) is 0 Å². The Morgan fingerprint density at radius 1 is 1.33 bits per heavy atom. The molecule has 0 fully saturated rings. The molecule has 0 saturated carbocycles. The third-order valence-electron chi connectivity index (χ3n) is 2.16. The number of benzene rings is 1. The standard InChI is InChI=1S/C9H15N3O2S/c1-3-12(2)8-4-7(10)5-9(6-8)15(11,13)14/h4-6H,3,10H2,1-2H3,(H2,11,13,14). The number of primary sulfonamides is 1. The average Bonchev–Trinajstić information content (AvgIpc) is 2.14. The highest BCUT2D eigenvalue weighted by molar-refractivity contribution is 7.89. The van der Waals surface area contributed by atoms with E-state index in [1.54, 1.807) is 6.07 Å². The molecule has 0 bridgehead atoms. The Hall–Kier alpha value is -1.27. The highest BCUT2D eigenvalue weighted by Crippen LogP contribution is 2.21. The van der Waals surface area contributed by atoms with Crippen molar-refractivity contribution >= 4 is 21.4 Å². The second-order valence-corrected chi connectivity index (χ2v) is 4.88. The fourth-order valence-electron chi connectivity index (χ4n) is 1.17. The molecule has 0 aliphatic heterocycles. The molecule has 5 nitrogen and oxygen atoms in total. The summed E-state index contributed by atoms with van der Waals surface area (Å²) < 4.78 is 22.3. The number of nitrogen functional groups attached to an aromatic ring is 1. The van der Waals surface area contributed by atoms with Gasteiger partial charge in [-0.25, -0.2) is 13.6 Å². The van der Waals surface area contributed by atoms with Crippen LogP contribution in [0, 0.1) is 0 Å². The lowest BCUT2D eigenvalue weighted by Crippen LogP contribution is -2.18. The van der Waals surface area contributed by atoms with Crippen LogP contribution >= 0.6 is 0 Å². The summed E-state index contributed by atoms with van der Waals surface area (Å²) in [6.45, 7) is 2.72. The number of nitrogens with two attached hydrogens (primary N) is 2. The van der Waals surface area contributed by atoms with Crippen LogP contribution in [0.2, 0.25) is 0 Å². The summed E-state index contributed by atoms with van der Waals surface area (Å²) in [6, 6.07) is 4.57. The van der Waals surface area contributed by atoms with Crippen LogP contribution in [0.3, 0.4) is 0 Å². The fraction of sp³-hybridized carbons (Fsp3) is 0.333. The van der Waals surface area contributed by atoms with Gasteiger partial charge in [0.15, 0.2) is 0 Å². The summed E-state index contributed by atoms with van der Waals surface area (Å²) in [7, 11) is -1.85. The van der Waals surface area contributed by atoms with Gasteiger partial charge in [0.1, 0.15) is 0 Å². The summed E-state index contributed by atoms with van der Waals surface area (Å²) in [5.74, 6) is 0. The average molecular weight is 229 g/mol. The zero-order chi connectivity index (χ0) is 11.6. The highest BCUT2D eigenvalue weighted by Gasteiger charge is 2.11. The summed E-state index contributed by atoms with van der Waals surface area (Å²) in [5.41, 5.74) is 6.73. The maximum absolute atomic E-state index is 11.2. The quantitative estimate of drug-likeness (QED) is 0.733. The molecule has 0 radical (unpaired) electrons. The van der Waals surface area contributed by atoms with Gasteiger partial charge in [0.2, 0.25) is 10.0 Å². The molecule has 0 atom stereocenters. The van der Waals surface area contributed by atoms with Gasteiger partial charge in [-0.05, 0) is 25.1 Å². The first kappa shape index (κ1) is 11.8. The fourth-order valence-corrected chi connectivity index (χ4v) is 1.76. The molecule has 0 aliphatic carbocycles. The molecule has 0 spiro atoms. The molecule has 0 aromatic heterocycles. The number of rotatable bonds is 3. The van der Waals surface area contributed by atoms with E-state index >= 15 is 0 Å². The third-order valence-corrected chi connectivity index (χ3v) is 3.05. The molecule has 1 rings (SSSR count). The van der Waals surface area contributed by atoms with Crippen molar-refractivity contribution in [2.45, 2.75) is 11.8 Å². The minimum absolute atomic E-state index is 0.0396. The monoisotopic (exact) mass is 229 g/mol. The first-order chi connectivity index (χ1) is 6.84. The zero-order valence-corrected chi connectivity index (χ0v) is 9.58. The summed E-state index contributed by atoms with van der Waals surface area (Å²) in [6.07, 6.45) is 0. The molecule has 0 aliphatic rings. The molecular formula is C9H15N3O2S. The van der Waals surface area contributed by atoms with E-state index in [4.69, 9.17) is 10.9 Å². The molecule has 15 heavy (non-hydrogen) atoms. The van der Waals surface area contributed by atoms with Crippen molar-refractivity contribution in [1.29, 1.82) is 0 Å². The van der Waals surface area contributed by atoms with E-state index in [2.05, 4.69) is 0 Å². The van der Waals surface area contributed by atoms with Crippen molar-refractivity contribution in [2.24, 2.45) is 5.14 Å². The summed E-state index contributed by atoms with van der Waals surface area (Å²) in [4.78, 5) is 1.92. The van der Waals surface area contributed by atoms with Crippen molar-refractivity contribution in [1.82, 2.24) is 0 Å². The third kappa shape index (κ3) is 2.84. The van der Waals surface area contributed by atoms with E-state index in [1.807, 2.05) is 18.9 Å². The molecule has 1 aromatic carbocycles. The molecule has 0 unspecified atom stereocenters. The molecule has 1 aromatic rings. The second-order valence-electron chi connectivity index (χ2n) is 3.32. The first-order valence-corrected chi connectivity index (χ1v) is 6.03. The molecule has 84 valence electrons. The molecular weight excluding hydrogens is 214 g/mol. The predicted octanol–water partition coefficient (Wildman–Crippen LogP) is 0.372. The van der Waals surface area contributed by atoms with Gasteiger partial charge in [-0.15, -0.1) is 0 Å². The normalized spacial score (nSPS) is 11.4. The van der Waals surface area contributed by atoms with Gasteiger partial charge >= 0.3 is 0 Å². The van der Waals surface area contributed by atoms with Gasteiger partial charge in [0.05, 0.1) is 4.90 Å². The Kier molecular flexibility index (Phi) is 3.21. The van der Waals surface area contributed by atoms with Gasteiger partial charge in [-0.3, -0.25) is 0 Å². The summed E-state index contributed by atoms with van der Waals surface area (Å²) in [5, 5.41) is 5.03. The Labute approximate surface area is 89.7 Å². The van der Waals surface area contributed by atoms with Gasteiger partial charge in [-0.2, -0.15) is 0 Å². The number of sulfonamides is 1. The number of hydrogen-bond donors (Lipinski definition) is 2. The lowest BCUT2D eigenvalue weighted by molar-refractivity contribution is 0.598. The molecule has 4 N–H and O–H groups in total. The first-order valence-electron chi connectivity index (χ1n) is 4.49. The predicted molar refractivity (Wildman–Crippen MR) is 61.2 cm³/mol. The van der Waals surface area contributed by atoms with Crippen LogP contribution in [0.15, 0.2) is 23.1 Å². The topological polar surface area (TPSA) is 89.4 Å². The van der Waals surface area contributed by atoms with Crippen molar-refractivity contribution in [3.63, 3.8) is 0 Å². The Morgan fingerprint density at radius 3 is 2.40 bits per heavy atom. The van der Waals surface area contributed by atoms with Crippen LogP contribution in [0.25, 0.3) is 0 Å². The number of nitrogens with zero attached hydrogens (tertiary/aromatic N) is 1. The molecule has 0 saturated heterocycles. The smallest absolute Gasteiger partial charge is 0.238 e. The number of hydrogen-bond acceptors (Lipinski definition) is 4. The van der Waals surface area contributed by atoms with Crippen LogP contribution in [0.1, 0.15) is 6.92 Å². The minimum atomic E-state index is -3.70. The van der Waals surface area contributed by atoms with E-state index in [9.17, 15) is 8.42 Å². The second kappa shape index (κ2) is 4.08. The lowest BCUT2D eigenvalue weighted by atomic mass is 10.2. The van der Waals surface area contributed by atoms with Crippen LogP contribution in [-0.4, -0.2) is 22.0 Å². The van der Waals surface area contributed by atoms with Gasteiger partial charge in [0.25, 0.3) is 0 Å². The van der Waals surface area contributed by atoms with Crippen molar-refractivity contribution in [3.05, 3.63) is 18.2 Å². The highest BCUT2D eigenvalue weighted by atomic mass is 32.2. The molecule has 0 heterocycles. The SMILES string of the molecule is CCN(C)c1cc(N)cc(S(N)(=O)=O)c1. The maximum Gasteiger partial charge on any atom is 0.238 e. The van der Waals surface area contributed by atoms with Crippen molar-refractivity contribution < 1.29 is 8.42 Å². The van der Waals surface area contributed by atoms with Crippen LogP contribution in [0.4, 0.5) is 11.4 Å². The van der Waals surface area contributed by atoms with Gasteiger partial charge in [0, 0.05) is 25.0 Å². The Morgan fingerprint density at radius 2 is 1.93 bits per heavy atom. The zero-order valence-electron chi connectivity index (χ0n) is 8.77. The maximum atomic E-state index is 11.2.